The van der Waals surface area contributed by atoms with E-state index in [4.69, 9.17) is 5.41 Å². The van der Waals surface area contributed by atoms with Gasteiger partial charge in [-0.2, -0.15) is 0 Å². The molecule has 0 heterocycles. The summed E-state index contributed by atoms with van der Waals surface area (Å²) in [6, 6.07) is 6.24. The zero-order valence-electron chi connectivity index (χ0n) is 8.42. The first kappa shape index (κ1) is 11.8. The van der Waals surface area contributed by atoms with Crippen molar-refractivity contribution in [2.75, 3.05) is 0 Å². The molecule has 1 N–H and O–H groups in total. The summed E-state index contributed by atoms with van der Waals surface area (Å²) in [5.41, 5.74) is 0.789. The van der Waals surface area contributed by atoms with Crippen molar-refractivity contribution in [2.24, 2.45) is 0 Å². The number of allylic oxidation sites excluding steroid dienone is 2. The van der Waals surface area contributed by atoms with E-state index < -0.39 is 4.92 Å². The quantitative estimate of drug-likeness (QED) is 0.269. The Balaban J connectivity index is 3.05. The Bertz CT molecular complexity index is 452. The van der Waals surface area contributed by atoms with Gasteiger partial charge in [-0.05, 0) is 11.6 Å². The molecule has 0 spiro atoms. The van der Waals surface area contributed by atoms with Gasteiger partial charge in [-0.15, -0.1) is 0 Å². The molecular formula is C11H10N2O3. The van der Waals surface area contributed by atoms with E-state index >= 15 is 0 Å². The smallest absolute Gasteiger partial charge is 0.272 e. The second kappa shape index (κ2) is 5.55. The van der Waals surface area contributed by atoms with Crippen LogP contribution in [-0.4, -0.2) is 17.4 Å². The third-order valence-corrected chi connectivity index (χ3v) is 2.03. The molecule has 0 aliphatic heterocycles. The van der Waals surface area contributed by atoms with Crippen molar-refractivity contribution >= 4 is 18.2 Å². The monoisotopic (exact) mass is 218 g/mol. The molecule has 0 bridgehead atoms. The van der Waals surface area contributed by atoms with Crippen molar-refractivity contribution in [3.8, 4) is 0 Å². The predicted molar refractivity (Wildman–Crippen MR) is 59.7 cm³/mol. The number of benzene rings is 1. The van der Waals surface area contributed by atoms with Crippen molar-refractivity contribution in [2.45, 2.75) is 6.42 Å². The molecule has 5 nitrogen and oxygen atoms in total. The third kappa shape index (κ3) is 2.84. The standard InChI is InChI=1S/C11H10N2O3/c12-6-5-9(8-14)7-10-3-1-2-4-11(10)13(15)16/h1-6,8,12H,7H2/b9-5-,12-6?. The number of nitrogens with zero attached hydrogens (tertiary/aromatic N) is 1. The first-order valence-corrected chi connectivity index (χ1v) is 4.56. The van der Waals surface area contributed by atoms with Crippen molar-refractivity contribution in [1.82, 2.24) is 0 Å². The molecule has 5 heteroatoms. The lowest BCUT2D eigenvalue weighted by atomic mass is 10.0. The summed E-state index contributed by atoms with van der Waals surface area (Å²) in [6.07, 6.45) is 3.07. The summed E-state index contributed by atoms with van der Waals surface area (Å²) in [6.45, 7) is 0. The fourth-order valence-corrected chi connectivity index (χ4v) is 1.31. The number of hydrogen-bond acceptors (Lipinski definition) is 4. The van der Waals surface area contributed by atoms with Crippen LogP contribution in [0, 0.1) is 15.5 Å². The Morgan fingerprint density at radius 2 is 2.12 bits per heavy atom. The molecule has 0 saturated carbocycles. The van der Waals surface area contributed by atoms with Crippen molar-refractivity contribution in [3.05, 3.63) is 51.6 Å². The van der Waals surface area contributed by atoms with E-state index in [9.17, 15) is 14.9 Å². The number of aldehydes is 1. The minimum atomic E-state index is -0.484. The van der Waals surface area contributed by atoms with Crippen LogP contribution in [0.15, 0.2) is 35.9 Å². The Labute approximate surface area is 92.1 Å². The Hall–Kier alpha value is -2.30. The van der Waals surface area contributed by atoms with Crippen LogP contribution in [0.1, 0.15) is 5.56 Å². The molecule has 0 aliphatic carbocycles. The molecular weight excluding hydrogens is 208 g/mol. The Kier molecular flexibility index (Phi) is 4.08. The largest absolute Gasteiger partial charge is 0.309 e. The fourth-order valence-electron chi connectivity index (χ4n) is 1.31. The molecule has 1 aromatic carbocycles. The van der Waals surface area contributed by atoms with Gasteiger partial charge in [-0.25, -0.2) is 0 Å². The lowest BCUT2D eigenvalue weighted by Gasteiger charge is -2.01. The zero-order valence-corrected chi connectivity index (χ0v) is 8.42. The molecule has 1 rings (SSSR count). The van der Waals surface area contributed by atoms with Gasteiger partial charge in [0, 0.05) is 24.3 Å². The van der Waals surface area contributed by atoms with E-state index in [1.165, 1.54) is 12.1 Å². The highest BCUT2D eigenvalue weighted by Gasteiger charge is 2.12. The highest BCUT2D eigenvalue weighted by molar-refractivity contribution is 5.83. The maximum atomic E-state index is 10.7. The van der Waals surface area contributed by atoms with Crippen molar-refractivity contribution < 1.29 is 9.72 Å². The Morgan fingerprint density at radius 3 is 2.69 bits per heavy atom. The first-order chi connectivity index (χ1) is 7.69. The molecule has 0 atom stereocenters. The summed E-state index contributed by atoms with van der Waals surface area (Å²) >= 11 is 0. The highest BCUT2D eigenvalue weighted by atomic mass is 16.6. The summed E-state index contributed by atoms with van der Waals surface area (Å²) in [7, 11) is 0. The van der Waals surface area contributed by atoms with E-state index in [-0.39, 0.29) is 12.1 Å². The topological polar surface area (TPSA) is 84.1 Å². The van der Waals surface area contributed by atoms with Gasteiger partial charge in [-0.3, -0.25) is 14.9 Å². The Morgan fingerprint density at radius 1 is 1.44 bits per heavy atom. The summed E-state index contributed by atoms with van der Waals surface area (Å²) < 4.78 is 0. The van der Waals surface area contributed by atoms with Gasteiger partial charge in [0.2, 0.25) is 0 Å². The van der Waals surface area contributed by atoms with E-state index in [2.05, 4.69) is 0 Å². The number of hydrogen-bond donors (Lipinski definition) is 1. The van der Waals surface area contributed by atoms with Crippen LogP contribution >= 0.6 is 0 Å². The predicted octanol–water partition coefficient (Wildman–Crippen LogP) is 1.91. The lowest BCUT2D eigenvalue weighted by Crippen LogP contribution is -1.98. The minimum absolute atomic E-state index is 0.0137. The van der Waals surface area contributed by atoms with Crippen LogP contribution in [0.2, 0.25) is 0 Å². The molecule has 0 fully saturated rings. The lowest BCUT2D eigenvalue weighted by molar-refractivity contribution is -0.385. The second-order valence-corrected chi connectivity index (χ2v) is 3.09. The fraction of sp³-hybridized carbons (Fsp3) is 0.0909. The number of nitrogens with one attached hydrogen (secondary N) is 1. The van der Waals surface area contributed by atoms with Gasteiger partial charge >= 0.3 is 0 Å². The van der Waals surface area contributed by atoms with E-state index in [1.54, 1.807) is 18.2 Å². The minimum Gasteiger partial charge on any atom is -0.309 e. The number of para-hydroxylation sites is 1. The van der Waals surface area contributed by atoms with Gasteiger partial charge < -0.3 is 5.41 Å². The zero-order chi connectivity index (χ0) is 12.0. The number of rotatable bonds is 5. The van der Waals surface area contributed by atoms with Crippen LogP contribution in [0.25, 0.3) is 0 Å². The third-order valence-electron chi connectivity index (χ3n) is 2.03. The number of nitro benzene ring substituents is 1. The summed E-state index contributed by atoms with van der Waals surface area (Å²) in [5.74, 6) is 0. The van der Waals surface area contributed by atoms with Crippen molar-refractivity contribution in [1.29, 1.82) is 5.41 Å². The van der Waals surface area contributed by atoms with Crippen LogP contribution in [-0.2, 0) is 11.2 Å². The van der Waals surface area contributed by atoms with Gasteiger partial charge in [-0.1, -0.05) is 18.2 Å². The van der Waals surface area contributed by atoms with Crippen LogP contribution in [0.3, 0.4) is 0 Å². The van der Waals surface area contributed by atoms with Gasteiger partial charge in [0.1, 0.15) is 6.29 Å². The van der Waals surface area contributed by atoms with E-state index in [1.807, 2.05) is 0 Å². The van der Waals surface area contributed by atoms with Gasteiger partial charge in [0.05, 0.1) is 4.92 Å². The number of carbonyl (C=O) groups excluding carboxylic acids is 1. The second-order valence-electron chi connectivity index (χ2n) is 3.09. The van der Waals surface area contributed by atoms with Gasteiger partial charge in [0.25, 0.3) is 5.69 Å². The highest BCUT2D eigenvalue weighted by Crippen LogP contribution is 2.20. The van der Waals surface area contributed by atoms with Crippen LogP contribution in [0.4, 0.5) is 5.69 Å². The molecule has 0 amide bonds. The van der Waals surface area contributed by atoms with E-state index in [0.717, 1.165) is 6.21 Å². The van der Waals surface area contributed by atoms with Crippen LogP contribution in [0.5, 0.6) is 0 Å². The maximum absolute atomic E-state index is 10.7. The molecule has 1 aromatic rings. The molecule has 0 unspecified atom stereocenters. The molecule has 0 radical (unpaired) electrons. The van der Waals surface area contributed by atoms with Crippen molar-refractivity contribution in [3.63, 3.8) is 0 Å². The molecule has 0 saturated heterocycles. The molecule has 82 valence electrons. The first-order valence-electron chi connectivity index (χ1n) is 4.56. The van der Waals surface area contributed by atoms with Gasteiger partial charge in [0.15, 0.2) is 0 Å². The average Bonchev–Trinajstić information content (AvgIpc) is 2.29. The van der Waals surface area contributed by atoms with Crippen LogP contribution < -0.4 is 0 Å². The SMILES string of the molecule is N=C/C=C(\C=O)Cc1ccccc1[N+](=O)[O-]. The number of carbonyl (C=O) groups is 1. The van der Waals surface area contributed by atoms with E-state index in [0.29, 0.717) is 17.4 Å². The molecule has 0 aliphatic rings. The number of nitro groups is 1. The maximum Gasteiger partial charge on any atom is 0.272 e. The normalized spacial score (nSPS) is 10.9. The average molecular weight is 218 g/mol. The summed E-state index contributed by atoms with van der Waals surface area (Å²) in [4.78, 5) is 20.9. The summed E-state index contributed by atoms with van der Waals surface area (Å²) in [5, 5.41) is 17.5. The molecule has 16 heavy (non-hydrogen) atoms. The molecule has 0 aromatic heterocycles.